The van der Waals surface area contributed by atoms with Crippen LogP contribution >= 0.6 is 12.2 Å². The van der Waals surface area contributed by atoms with Crippen LogP contribution in [-0.4, -0.2) is 42.6 Å². The summed E-state index contributed by atoms with van der Waals surface area (Å²) in [5.41, 5.74) is 2.14. The van der Waals surface area contributed by atoms with Crippen molar-refractivity contribution in [1.29, 1.82) is 0 Å². The lowest BCUT2D eigenvalue weighted by atomic mass is 9.99. The van der Waals surface area contributed by atoms with E-state index in [1.807, 2.05) is 60.7 Å². The van der Waals surface area contributed by atoms with Crippen LogP contribution in [0.3, 0.4) is 0 Å². The third kappa shape index (κ3) is 9.77. The lowest BCUT2D eigenvalue weighted by molar-refractivity contribution is -0.145. The van der Waals surface area contributed by atoms with E-state index >= 15 is 0 Å². The number of para-hydroxylation sites is 1. The molecule has 40 heavy (non-hydrogen) atoms. The Morgan fingerprint density at radius 2 is 1.43 bits per heavy atom. The summed E-state index contributed by atoms with van der Waals surface area (Å²) in [6, 6.07) is 24.6. The van der Waals surface area contributed by atoms with Crippen molar-refractivity contribution in [2.24, 2.45) is 0 Å². The Balaban J connectivity index is 1.43. The zero-order valence-corrected chi connectivity index (χ0v) is 23.0. The second-order valence-electron chi connectivity index (χ2n) is 9.00. The minimum absolute atomic E-state index is 0.0245. The van der Waals surface area contributed by atoms with E-state index in [0.29, 0.717) is 30.9 Å². The van der Waals surface area contributed by atoms with E-state index in [2.05, 4.69) is 21.3 Å². The number of thiocarbonyl (C=S) groups is 1. The van der Waals surface area contributed by atoms with Crippen molar-refractivity contribution in [1.82, 2.24) is 16.0 Å². The molecule has 3 rings (SSSR count). The standard InChI is InChI=1S/C30H33FN4O4S/c1-39-29(38)25(34-27(37)20-26(36)33-24-17-9-8-16-23(24)31)18-10-11-19-32-30(40)35-28(21-12-4-2-5-13-21)22-14-6-3-7-15-22/h2-9,12-17,25,28H,10-11,18-20H2,1H3,(H,33,36)(H,34,37)(H2,32,35,40). The Morgan fingerprint density at radius 3 is 2.02 bits per heavy atom. The molecule has 0 aliphatic rings. The van der Waals surface area contributed by atoms with Gasteiger partial charge in [-0.05, 0) is 54.7 Å². The van der Waals surface area contributed by atoms with Gasteiger partial charge in [-0.3, -0.25) is 9.59 Å². The molecule has 10 heteroatoms. The lowest BCUT2D eigenvalue weighted by Crippen LogP contribution is -2.42. The summed E-state index contributed by atoms with van der Waals surface area (Å²) >= 11 is 5.53. The number of carbonyl (C=O) groups excluding carboxylic acids is 3. The number of hydrogen-bond donors (Lipinski definition) is 4. The van der Waals surface area contributed by atoms with Gasteiger partial charge in [-0.2, -0.15) is 0 Å². The van der Waals surface area contributed by atoms with Gasteiger partial charge in [0, 0.05) is 6.54 Å². The fourth-order valence-corrected chi connectivity index (χ4v) is 4.27. The fourth-order valence-electron chi connectivity index (χ4n) is 4.05. The Morgan fingerprint density at radius 1 is 0.825 bits per heavy atom. The predicted octanol–water partition coefficient (Wildman–Crippen LogP) is 4.24. The van der Waals surface area contributed by atoms with Gasteiger partial charge in [-0.15, -0.1) is 0 Å². The maximum Gasteiger partial charge on any atom is 0.328 e. The van der Waals surface area contributed by atoms with Crippen molar-refractivity contribution in [3.05, 3.63) is 102 Å². The molecule has 1 unspecified atom stereocenters. The Bertz CT molecular complexity index is 1240. The minimum atomic E-state index is -0.913. The van der Waals surface area contributed by atoms with E-state index in [1.165, 1.54) is 25.3 Å². The van der Waals surface area contributed by atoms with E-state index in [0.717, 1.165) is 11.1 Å². The highest BCUT2D eigenvalue weighted by Gasteiger charge is 2.22. The summed E-state index contributed by atoms with van der Waals surface area (Å²) < 4.78 is 18.5. The second-order valence-corrected chi connectivity index (χ2v) is 9.41. The SMILES string of the molecule is COC(=O)C(CCCCNC(=S)NC(c1ccccc1)c1ccccc1)NC(=O)CC(=O)Nc1ccccc1F. The van der Waals surface area contributed by atoms with E-state index in [1.54, 1.807) is 6.07 Å². The molecule has 0 heterocycles. The number of carbonyl (C=O) groups is 3. The van der Waals surface area contributed by atoms with Crippen LogP contribution < -0.4 is 21.3 Å². The van der Waals surface area contributed by atoms with Crippen molar-refractivity contribution in [3.63, 3.8) is 0 Å². The Hall–Kier alpha value is -4.31. The molecule has 0 aliphatic heterocycles. The van der Waals surface area contributed by atoms with Crippen LogP contribution in [0.4, 0.5) is 10.1 Å². The normalized spacial score (nSPS) is 11.3. The topological polar surface area (TPSA) is 109 Å². The Kier molecular flexibility index (Phi) is 12.1. The van der Waals surface area contributed by atoms with Crippen LogP contribution in [-0.2, 0) is 19.1 Å². The van der Waals surface area contributed by atoms with Crippen LogP contribution in [0.2, 0.25) is 0 Å². The number of halogens is 1. The average Bonchev–Trinajstić information content (AvgIpc) is 2.96. The highest BCUT2D eigenvalue weighted by molar-refractivity contribution is 7.80. The van der Waals surface area contributed by atoms with Gasteiger partial charge in [0.1, 0.15) is 18.3 Å². The number of benzene rings is 3. The van der Waals surface area contributed by atoms with E-state index < -0.39 is 36.1 Å². The third-order valence-electron chi connectivity index (χ3n) is 6.04. The summed E-state index contributed by atoms with van der Waals surface area (Å²) in [5, 5.41) is 11.9. The molecule has 0 bridgehead atoms. The largest absolute Gasteiger partial charge is 0.467 e. The molecule has 4 N–H and O–H groups in total. The monoisotopic (exact) mass is 564 g/mol. The quantitative estimate of drug-likeness (QED) is 0.106. The summed E-state index contributed by atoms with van der Waals surface area (Å²) in [4.78, 5) is 36.7. The van der Waals surface area contributed by atoms with Crippen LogP contribution in [0.15, 0.2) is 84.9 Å². The van der Waals surface area contributed by atoms with Crippen molar-refractivity contribution in [2.45, 2.75) is 37.8 Å². The Labute approximate surface area is 238 Å². The first-order chi connectivity index (χ1) is 19.4. The fraction of sp³-hybridized carbons (Fsp3) is 0.267. The summed E-state index contributed by atoms with van der Waals surface area (Å²) in [7, 11) is 1.23. The van der Waals surface area contributed by atoms with Crippen LogP contribution in [0, 0.1) is 5.82 Å². The zero-order valence-electron chi connectivity index (χ0n) is 22.2. The first-order valence-electron chi connectivity index (χ1n) is 12.9. The molecule has 8 nitrogen and oxygen atoms in total. The molecule has 0 saturated heterocycles. The average molecular weight is 565 g/mol. The highest BCUT2D eigenvalue weighted by atomic mass is 32.1. The number of rotatable bonds is 13. The first-order valence-corrected chi connectivity index (χ1v) is 13.3. The first kappa shape index (κ1) is 30.2. The number of methoxy groups -OCH3 is 1. The van der Waals surface area contributed by atoms with Gasteiger partial charge >= 0.3 is 5.97 Å². The highest BCUT2D eigenvalue weighted by Crippen LogP contribution is 2.21. The van der Waals surface area contributed by atoms with Gasteiger partial charge in [-0.1, -0.05) is 72.8 Å². The number of esters is 1. The number of unbranched alkanes of at least 4 members (excludes halogenated alkanes) is 1. The van der Waals surface area contributed by atoms with Gasteiger partial charge < -0.3 is 26.0 Å². The summed E-state index contributed by atoms with van der Waals surface area (Å²) in [6.07, 6.45) is 0.997. The molecular weight excluding hydrogens is 531 g/mol. The van der Waals surface area contributed by atoms with Gasteiger partial charge in [0.15, 0.2) is 5.11 Å². The molecule has 0 saturated carbocycles. The molecule has 3 aromatic carbocycles. The van der Waals surface area contributed by atoms with Gasteiger partial charge in [-0.25, -0.2) is 9.18 Å². The van der Waals surface area contributed by atoms with Crippen molar-refractivity contribution in [2.75, 3.05) is 19.0 Å². The molecule has 1 atom stereocenters. The molecule has 3 aromatic rings. The van der Waals surface area contributed by atoms with E-state index in [9.17, 15) is 18.8 Å². The van der Waals surface area contributed by atoms with Crippen molar-refractivity contribution < 1.29 is 23.5 Å². The molecule has 210 valence electrons. The van der Waals surface area contributed by atoms with Gasteiger partial charge in [0.25, 0.3) is 0 Å². The molecular formula is C30H33FN4O4S. The maximum absolute atomic E-state index is 13.7. The molecule has 0 aromatic heterocycles. The molecule has 0 spiro atoms. The molecule has 0 fully saturated rings. The number of nitrogens with one attached hydrogen (secondary N) is 4. The number of anilines is 1. The lowest BCUT2D eigenvalue weighted by Gasteiger charge is -2.22. The number of amides is 2. The predicted molar refractivity (Wildman–Crippen MR) is 156 cm³/mol. The van der Waals surface area contributed by atoms with Gasteiger partial charge in [0.05, 0.1) is 18.8 Å². The summed E-state index contributed by atoms with van der Waals surface area (Å²) in [6.45, 7) is 0.551. The van der Waals surface area contributed by atoms with Crippen LogP contribution in [0.25, 0.3) is 0 Å². The van der Waals surface area contributed by atoms with Crippen molar-refractivity contribution >= 4 is 40.8 Å². The summed E-state index contributed by atoms with van der Waals surface area (Å²) in [5.74, 6) is -2.58. The maximum atomic E-state index is 13.7. The second kappa shape index (κ2) is 15.9. The molecule has 2 amide bonds. The number of hydrogen-bond acceptors (Lipinski definition) is 5. The number of ether oxygens (including phenoxy) is 1. The minimum Gasteiger partial charge on any atom is -0.467 e. The zero-order chi connectivity index (χ0) is 28.7. The molecule has 0 aliphatic carbocycles. The van der Waals surface area contributed by atoms with Crippen LogP contribution in [0.5, 0.6) is 0 Å². The smallest absolute Gasteiger partial charge is 0.328 e. The van der Waals surface area contributed by atoms with E-state index in [-0.39, 0.29) is 11.7 Å². The van der Waals surface area contributed by atoms with E-state index in [4.69, 9.17) is 17.0 Å². The van der Waals surface area contributed by atoms with Crippen molar-refractivity contribution in [3.8, 4) is 0 Å². The van der Waals surface area contributed by atoms with Crippen LogP contribution in [0.1, 0.15) is 42.9 Å². The van der Waals surface area contributed by atoms with Gasteiger partial charge in [0.2, 0.25) is 11.8 Å². The third-order valence-corrected chi connectivity index (χ3v) is 6.30. The molecule has 0 radical (unpaired) electrons.